The molecule has 2 N–H and O–H groups in total. The molecule has 0 amide bonds. The van der Waals surface area contributed by atoms with Crippen molar-refractivity contribution in [2.45, 2.75) is 18.7 Å². The molecule has 118 valence electrons. The lowest BCUT2D eigenvalue weighted by Crippen LogP contribution is -2.49. The van der Waals surface area contributed by atoms with Crippen molar-refractivity contribution in [2.24, 2.45) is 5.92 Å². The molecule has 0 spiro atoms. The number of hydrogen-bond donors (Lipinski definition) is 1. The molecule has 0 bridgehead atoms. The van der Waals surface area contributed by atoms with Crippen LogP contribution in [0, 0.1) is 5.92 Å². The molecule has 1 saturated heterocycles. The Morgan fingerprint density at radius 3 is 2.38 bits per heavy atom. The van der Waals surface area contributed by atoms with Gasteiger partial charge in [0.2, 0.25) is 10.0 Å². The maximum absolute atomic E-state index is 12.6. The second kappa shape index (κ2) is 6.52. The highest BCUT2D eigenvalue weighted by Gasteiger charge is 2.28. The van der Waals surface area contributed by atoms with Crippen LogP contribution in [-0.4, -0.2) is 50.3 Å². The van der Waals surface area contributed by atoms with Crippen molar-refractivity contribution >= 4 is 27.3 Å². The van der Waals surface area contributed by atoms with Crippen molar-refractivity contribution in [2.75, 3.05) is 38.5 Å². The quantitative estimate of drug-likeness (QED) is 0.855. The third-order valence-corrected chi connectivity index (χ3v) is 5.80. The average molecular weight is 332 g/mol. The van der Waals surface area contributed by atoms with E-state index in [1.807, 2.05) is 0 Å². The number of sulfonamides is 1. The molecule has 5 nitrogen and oxygen atoms in total. The molecule has 0 unspecified atom stereocenters. The standard InChI is InChI=1S/C14H22ClN3O2S/c1-11(2)10-17-5-7-18(8-6-17)21(19,20)12-3-4-13(15)14(16)9-12/h3-4,9,11H,5-8,10,16H2,1-2H3. The van der Waals surface area contributed by atoms with Gasteiger partial charge in [-0.15, -0.1) is 0 Å². The number of nitrogens with zero attached hydrogens (tertiary/aromatic N) is 2. The first-order valence-electron chi connectivity index (χ1n) is 7.08. The second-order valence-corrected chi connectivity index (χ2v) is 8.13. The van der Waals surface area contributed by atoms with Crippen LogP contribution in [0.2, 0.25) is 5.02 Å². The molecule has 0 aromatic heterocycles. The van der Waals surface area contributed by atoms with E-state index in [-0.39, 0.29) is 10.6 Å². The van der Waals surface area contributed by atoms with Gasteiger partial charge in [0.05, 0.1) is 15.6 Å². The molecule has 1 aromatic rings. The minimum Gasteiger partial charge on any atom is -0.397 e. The maximum Gasteiger partial charge on any atom is 0.243 e. The van der Waals surface area contributed by atoms with Crippen LogP contribution in [0.5, 0.6) is 0 Å². The van der Waals surface area contributed by atoms with Crippen LogP contribution in [0.1, 0.15) is 13.8 Å². The van der Waals surface area contributed by atoms with Gasteiger partial charge in [-0.2, -0.15) is 4.31 Å². The summed E-state index contributed by atoms with van der Waals surface area (Å²) >= 11 is 5.84. The van der Waals surface area contributed by atoms with E-state index in [1.165, 1.54) is 22.5 Å². The van der Waals surface area contributed by atoms with Gasteiger partial charge in [0.25, 0.3) is 0 Å². The Bertz CT molecular complexity index is 596. The summed E-state index contributed by atoms with van der Waals surface area (Å²) in [4.78, 5) is 2.51. The van der Waals surface area contributed by atoms with Gasteiger partial charge in [-0.3, -0.25) is 0 Å². The minimum atomic E-state index is -3.49. The molecule has 1 aromatic carbocycles. The van der Waals surface area contributed by atoms with Gasteiger partial charge in [0.1, 0.15) is 0 Å². The summed E-state index contributed by atoms with van der Waals surface area (Å²) in [6.07, 6.45) is 0. The van der Waals surface area contributed by atoms with Gasteiger partial charge in [0, 0.05) is 32.7 Å². The zero-order valence-corrected chi connectivity index (χ0v) is 14.0. The van der Waals surface area contributed by atoms with Crippen molar-refractivity contribution < 1.29 is 8.42 Å². The number of rotatable bonds is 4. The van der Waals surface area contributed by atoms with E-state index >= 15 is 0 Å². The van der Waals surface area contributed by atoms with Crippen molar-refractivity contribution in [3.8, 4) is 0 Å². The molecule has 0 atom stereocenters. The molecule has 2 rings (SSSR count). The molecule has 0 saturated carbocycles. The van der Waals surface area contributed by atoms with Crippen LogP contribution >= 0.6 is 11.6 Å². The zero-order chi connectivity index (χ0) is 15.6. The van der Waals surface area contributed by atoms with E-state index in [0.717, 1.165) is 19.6 Å². The molecule has 1 heterocycles. The number of piperazine rings is 1. The number of halogens is 1. The van der Waals surface area contributed by atoms with Gasteiger partial charge in [-0.1, -0.05) is 25.4 Å². The topological polar surface area (TPSA) is 66.6 Å². The van der Waals surface area contributed by atoms with E-state index in [0.29, 0.717) is 24.0 Å². The summed E-state index contributed by atoms with van der Waals surface area (Å²) in [7, 11) is -3.49. The van der Waals surface area contributed by atoms with Crippen LogP contribution in [0.3, 0.4) is 0 Å². The fraction of sp³-hybridized carbons (Fsp3) is 0.571. The lowest BCUT2D eigenvalue weighted by molar-refractivity contribution is 0.172. The van der Waals surface area contributed by atoms with Crippen LogP contribution in [0.25, 0.3) is 0 Å². The maximum atomic E-state index is 12.6. The van der Waals surface area contributed by atoms with E-state index in [2.05, 4.69) is 18.7 Å². The Labute approximate surface area is 131 Å². The van der Waals surface area contributed by atoms with E-state index in [1.54, 1.807) is 0 Å². The Morgan fingerprint density at radius 2 is 1.86 bits per heavy atom. The summed E-state index contributed by atoms with van der Waals surface area (Å²) < 4.78 is 26.7. The monoisotopic (exact) mass is 331 g/mol. The Balaban J connectivity index is 2.09. The average Bonchev–Trinajstić information content (AvgIpc) is 2.41. The molecule has 0 aliphatic carbocycles. The Kier molecular flexibility index (Phi) is 5.14. The molecular weight excluding hydrogens is 310 g/mol. The Hall–Kier alpha value is -0.820. The zero-order valence-electron chi connectivity index (χ0n) is 12.4. The molecule has 21 heavy (non-hydrogen) atoms. The molecule has 1 fully saturated rings. The number of nitrogens with two attached hydrogens (primary N) is 1. The second-order valence-electron chi connectivity index (χ2n) is 5.78. The summed E-state index contributed by atoms with van der Waals surface area (Å²) in [5, 5.41) is 0.371. The van der Waals surface area contributed by atoms with E-state index in [9.17, 15) is 8.42 Å². The minimum absolute atomic E-state index is 0.210. The molecule has 1 aliphatic heterocycles. The smallest absolute Gasteiger partial charge is 0.243 e. The summed E-state index contributed by atoms with van der Waals surface area (Å²) in [5.74, 6) is 0.587. The lowest BCUT2D eigenvalue weighted by atomic mass is 10.2. The van der Waals surface area contributed by atoms with E-state index < -0.39 is 10.0 Å². The number of hydrogen-bond acceptors (Lipinski definition) is 4. The largest absolute Gasteiger partial charge is 0.397 e. The van der Waals surface area contributed by atoms with Gasteiger partial charge < -0.3 is 10.6 Å². The number of anilines is 1. The lowest BCUT2D eigenvalue weighted by Gasteiger charge is -2.34. The number of benzene rings is 1. The van der Waals surface area contributed by atoms with Crippen molar-refractivity contribution in [3.63, 3.8) is 0 Å². The molecular formula is C14H22ClN3O2S. The van der Waals surface area contributed by atoms with Gasteiger partial charge in [-0.25, -0.2) is 8.42 Å². The predicted molar refractivity (Wildman–Crippen MR) is 85.9 cm³/mol. The number of nitrogen functional groups attached to an aromatic ring is 1. The summed E-state index contributed by atoms with van der Waals surface area (Å²) in [6.45, 7) is 7.89. The summed E-state index contributed by atoms with van der Waals surface area (Å²) in [6, 6.07) is 4.46. The van der Waals surface area contributed by atoms with Gasteiger partial charge >= 0.3 is 0 Å². The van der Waals surface area contributed by atoms with Gasteiger partial charge in [0.15, 0.2) is 0 Å². The highest BCUT2D eigenvalue weighted by Crippen LogP contribution is 2.25. The first-order valence-corrected chi connectivity index (χ1v) is 8.90. The highest BCUT2D eigenvalue weighted by molar-refractivity contribution is 7.89. The third-order valence-electron chi connectivity index (χ3n) is 3.56. The van der Waals surface area contributed by atoms with Crippen molar-refractivity contribution in [1.82, 2.24) is 9.21 Å². The van der Waals surface area contributed by atoms with Crippen LogP contribution in [0.4, 0.5) is 5.69 Å². The first-order chi connectivity index (χ1) is 9.80. The molecule has 1 aliphatic rings. The van der Waals surface area contributed by atoms with Crippen LogP contribution < -0.4 is 5.73 Å². The molecule has 7 heteroatoms. The normalized spacial score (nSPS) is 18.3. The third kappa shape index (κ3) is 3.88. The summed E-state index contributed by atoms with van der Waals surface area (Å²) in [5.41, 5.74) is 5.99. The fourth-order valence-corrected chi connectivity index (χ4v) is 4.08. The van der Waals surface area contributed by atoms with E-state index in [4.69, 9.17) is 17.3 Å². The van der Waals surface area contributed by atoms with Crippen molar-refractivity contribution in [1.29, 1.82) is 0 Å². The van der Waals surface area contributed by atoms with Gasteiger partial charge in [-0.05, 0) is 24.1 Å². The Morgan fingerprint density at radius 1 is 1.24 bits per heavy atom. The highest BCUT2D eigenvalue weighted by atomic mass is 35.5. The predicted octanol–water partition coefficient (Wildman–Crippen LogP) is 1.88. The molecule has 0 radical (unpaired) electrons. The van der Waals surface area contributed by atoms with Crippen LogP contribution in [-0.2, 0) is 10.0 Å². The van der Waals surface area contributed by atoms with Crippen LogP contribution in [0.15, 0.2) is 23.1 Å². The first kappa shape index (κ1) is 16.5. The fourth-order valence-electron chi connectivity index (χ4n) is 2.50. The van der Waals surface area contributed by atoms with Crippen molar-refractivity contribution in [3.05, 3.63) is 23.2 Å². The SMILES string of the molecule is CC(C)CN1CCN(S(=O)(=O)c2ccc(Cl)c(N)c2)CC1.